The van der Waals surface area contributed by atoms with Crippen molar-refractivity contribution in [2.45, 2.75) is 341 Å². The zero-order chi connectivity index (χ0) is 63.5. The Balaban J connectivity index is 4.99. The molecule has 0 saturated heterocycles. The maximum atomic E-state index is 13.6. The van der Waals surface area contributed by atoms with Gasteiger partial charge in [-0.2, -0.15) is 0 Å². The first-order valence-corrected chi connectivity index (χ1v) is 38.1. The van der Waals surface area contributed by atoms with Crippen LogP contribution in [0.2, 0.25) is 0 Å². The van der Waals surface area contributed by atoms with E-state index in [9.17, 15) is 19.0 Å². The second-order valence-corrected chi connectivity index (χ2v) is 27.2. The fourth-order valence-corrected chi connectivity index (χ4v) is 11.1. The molecule has 9 nitrogen and oxygen atoms in total. The van der Waals surface area contributed by atoms with E-state index in [2.05, 4.69) is 111 Å². The number of hydrogen-bond donors (Lipinski definition) is 2. The van der Waals surface area contributed by atoms with Crippen LogP contribution in [0.1, 0.15) is 329 Å². The molecule has 504 valence electrons. The maximum absolute atomic E-state index is 13.6. The molecule has 3 unspecified atom stereocenters. The number of nitrogens with zero attached hydrogens (tertiary/aromatic N) is 1. The van der Waals surface area contributed by atoms with E-state index < -0.39 is 20.0 Å². The molecule has 0 aromatic carbocycles. The minimum absolute atomic E-state index is 0.0361. The van der Waals surface area contributed by atoms with E-state index in [1.165, 1.54) is 186 Å². The first-order chi connectivity index (χ1) is 42.4. The van der Waals surface area contributed by atoms with E-state index in [4.69, 9.17) is 13.8 Å². The lowest BCUT2D eigenvalue weighted by Gasteiger charge is -2.27. The number of phosphoric ester groups is 1. The largest absolute Gasteiger partial charge is 0.472 e. The molecule has 0 bridgehead atoms. The van der Waals surface area contributed by atoms with Crippen LogP contribution in [-0.2, 0) is 27.9 Å². The summed E-state index contributed by atoms with van der Waals surface area (Å²) in [6.07, 6.45) is 90.0. The van der Waals surface area contributed by atoms with Crippen LogP contribution in [0.15, 0.2) is 97.2 Å². The lowest BCUT2D eigenvalue weighted by molar-refractivity contribution is -0.870. The third-order valence-corrected chi connectivity index (χ3v) is 17.0. The molecular weight excluding hydrogens is 1100 g/mol. The molecule has 0 radical (unpaired) electrons. The quantitative estimate of drug-likeness (QED) is 0.0205. The smallest absolute Gasteiger partial charge is 0.456 e. The fraction of sp³-hybridized carbons (Fsp3) is 0.766. The number of phosphoric acid groups is 1. The van der Waals surface area contributed by atoms with Gasteiger partial charge >= 0.3 is 13.8 Å². The number of esters is 1. The second-order valence-electron chi connectivity index (χ2n) is 25.7. The van der Waals surface area contributed by atoms with E-state index in [0.29, 0.717) is 17.4 Å². The van der Waals surface area contributed by atoms with E-state index in [1.807, 2.05) is 33.3 Å². The first-order valence-electron chi connectivity index (χ1n) is 36.6. The van der Waals surface area contributed by atoms with Crippen LogP contribution in [0.25, 0.3) is 0 Å². The highest BCUT2D eigenvalue weighted by Crippen LogP contribution is 2.43. The monoisotopic (exact) mass is 1240 g/mol. The third-order valence-electron chi connectivity index (χ3n) is 16.0. The minimum Gasteiger partial charge on any atom is -0.456 e. The number of rotatable bonds is 66. The highest BCUT2D eigenvalue weighted by molar-refractivity contribution is 7.47. The normalized spacial score (nSPS) is 14.1. The van der Waals surface area contributed by atoms with E-state index >= 15 is 0 Å². The van der Waals surface area contributed by atoms with Crippen LogP contribution in [0, 0.1) is 0 Å². The molecule has 0 saturated carbocycles. The van der Waals surface area contributed by atoms with Crippen molar-refractivity contribution in [2.75, 3.05) is 40.9 Å². The predicted octanol–water partition coefficient (Wildman–Crippen LogP) is 23.5. The molecule has 0 aliphatic carbocycles. The second kappa shape index (κ2) is 65.9. The standard InChI is InChI=1S/C77H139N2O7P/c1-7-10-13-16-19-22-25-27-29-31-33-35-37-39-41-43-45-47-49-51-54-57-60-63-66-69-76(80)78-74(73-85-87(82,83)84-72-71-79(4,5)6)75(68-65-62-59-56-53-24-21-18-15-12-9-3)86-77(81)70-67-64-61-58-55-52-50-48-46-44-42-40-38-36-34-32-30-28-26-23-20-17-14-11-8-2/h10,13,19-20,22-23,27-30,33,35,39,41,65,68,74-75H,7-9,11-12,14-18,21,24-26,31-32,34,36-38,40,42-64,66-67,69-73H2,1-6H3,(H-,78,80,82,83)/p+1/b13-10-,22-19-,23-20-,29-27-,30-28-,35-33-,41-39-,68-65+. The van der Waals surface area contributed by atoms with Gasteiger partial charge in [-0.3, -0.25) is 18.6 Å². The number of quaternary nitrogens is 1. The number of likely N-dealkylation sites (N-methyl/N-ethyl adjacent to an activating group) is 1. The Labute approximate surface area is 538 Å². The van der Waals surface area contributed by atoms with Crippen LogP contribution in [0.4, 0.5) is 0 Å². The van der Waals surface area contributed by atoms with Gasteiger partial charge in [0, 0.05) is 12.8 Å². The zero-order valence-electron chi connectivity index (χ0n) is 57.7. The van der Waals surface area contributed by atoms with Gasteiger partial charge in [0.15, 0.2) is 0 Å². The van der Waals surface area contributed by atoms with E-state index in [1.54, 1.807) is 0 Å². The summed E-state index contributed by atoms with van der Waals surface area (Å²) in [6.45, 7) is 6.89. The van der Waals surface area contributed by atoms with Crippen LogP contribution in [-0.4, -0.2) is 74.3 Å². The van der Waals surface area contributed by atoms with Gasteiger partial charge in [0.25, 0.3) is 0 Å². The van der Waals surface area contributed by atoms with Crippen molar-refractivity contribution < 1.29 is 37.3 Å². The predicted molar refractivity (Wildman–Crippen MR) is 378 cm³/mol. The minimum atomic E-state index is -4.46. The van der Waals surface area contributed by atoms with Gasteiger partial charge in [0.05, 0.1) is 33.8 Å². The number of amides is 1. The van der Waals surface area contributed by atoms with E-state index in [0.717, 1.165) is 109 Å². The Hall–Kier alpha value is -3.07. The number of ether oxygens (including phenoxy) is 1. The number of hydrogen-bond acceptors (Lipinski definition) is 6. The summed E-state index contributed by atoms with van der Waals surface area (Å²) in [7, 11) is 1.49. The Morgan fingerprint density at radius 1 is 0.414 bits per heavy atom. The number of carbonyl (C=O) groups is 2. The van der Waals surface area contributed by atoms with Gasteiger partial charge in [0.2, 0.25) is 5.91 Å². The fourth-order valence-electron chi connectivity index (χ4n) is 10.4. The number of nitrogens with one attached hydrogen (secondary N) is 1. The Bertz CT molecular complexity index is 1810. The average molecular weight is 1240 g/mol. The third kappa shape index (κ3) is 67.2. The molecule has 2 N–H and O–H groups in total. The molecule has 1 amide bonds. The van der Waals surface area contributed by atoms with Crippen molar-refractivity contribution in [3.05, 3.63) is 97.2 Å². The summed E-state index contributed by atoms with van der Waals surface area (Å²) in [5.74, 6) is -0.506. The summed E-state index contributed by atoms with van der Waals surface area (Å²) < 4.78 is 30.8. The molecule has 0 rings (SSSR count). The first kappa shape index (κ1) is 83.9. The summed E-state index contributed by atoms with van der Waals surface area (Å²) >= 11 is 0. The summed E-state index contributed by atoms with van der Waals surface area (Å²) in [6, 6.07) is -0.857. The molecule has 0 aromatic rings. The van der Waals surface area contributed by atoms with E-state index in [-0.39, 0.29) is 31.5 Å². The van der Waals surface area contributed by atoms with Crippen molar-refractivity contribution in [1.82, 2.24) is 5.32 Å². The van der Waals surface area contributed by atoms with Crippen molar-refractivity contribution in [3.8, 4) is 0 Å². The van der Waals surface area contributed by atoms with Crippen LogP contribution >= 0.6 is 7.82 Å². The van der Waals surface area contributed by atoms with Gasteiger partial charge in [-0.05, 0) is 109 Å². The summed E-state index contributed by atoms with van der Waals surface area (Å²) in [5, 5.41) is 3.07. The van der Waals surface area contributed by atoms with Gasteiger partial charge in [-0.25, -0.2) is 4.57 Å². The van der Waals surface area contributed by atoms with Crippen molar-refractivity contribution in [3.63, 3.8) is 0 Å². The Morgan fingerprint density at radius 2 is 0.736 bits per heavy atom. The molecule has 87 heavy (non-hydrogen) atoms. The van der Waals surface area contributed by atoms with Crippen molar-refractivity contribution >= 4 is 19.7 Å². The van der Waals surface area contributed by atoms with Gasteiger partial charge in [-0.15, -0.1) is 0 Å². The SMILES string of the molecule is CC/C=C\C/C=C\C/C=C\C/C=C\C/C=C\CCCCCCCCCCCC(=O)NC(COP(=O)(O)OCC[N+](C)(C)C)C(/C=C/CCCCCCCCCCC)OC(=O)CCCCCCCCCCCCCCCCC/C=C\C/C=C\CCCCC. The topological polar surface area (TPSA) is 111 Å². The maximum Gasteiger partial charge on any atom is 0.472 e. The molecule has 3 atom stereocenters. The lowest BCUT2D eigenvalue weighted by Crippen LogP contribution is -2.47. The molecule has 10 heteroatoms. The molecule has 0 heterocycles. The van der Waals surface area contributed by atoms with Crippen molar-refractivity contribution in [1.29, 1.82) is 0 Å². The molecule has 0 aliphatic heterocycles. The number of unbranched alkanes of at least 4 members (excludes halogenated alkanes) is 36. The molecule has 0 aromatic heterocycles. The molecule has 0 fully saturated rings. The number of allylic oxidation sites excluding steroid dienone is 15. The van der Waals surface area contributed by atoms with Crippen LogP contribution < -0.4 is 5.32 Å². The summed E-state index contributed by atoms with van der Waals surface area (Å²) in [4.78, 5) is 37.9. The molecule has 0 spiro atoms. The van der Waals surface area contributed by atoms with Gasteiger partial charge in [-0.1, -0.05) is 305 Å². The van der Waals surface area contributed by atoms with Crippen LogP contribution in [0.5, 0.6) is 0 Å². The summed E-state index contributed by atoms with van der Waals surface area (Å²) in [5.41, 5.74) is 0. The van der Waals surface area contributed by atoms with Crippen LogP contribution in [0.3, 0.4) is 0 Å². The highest BCUT2D eigenvalue weighted by Gasteiger charge is 2.30. The van der Waals surface area contributed by atoms with Crippen molar-refractivity contribution in [2.24, 2.45) is 0 Å². The molecular formula is C77H140N2O7P+. The average Bonchev–Trinajstić information content (AvgIpc) is 3.70. The zero-order valence-corrected chi connectivity index (χ0v) is 58.6. The van der Waals surface area contributed by atoms with Gasteiger partial charge in [0.1, 0.15) is 19.3 Å². The Morgan fingerprint density at radius 3 is 1.13 bits per heavy atom. The Kier molecular flexibility index (Phi) is 63.5. The number of carbonyl (C=O) groups excluding carboxylic acids is 2. The highest BCUT2D eigenvalue weighted by atomic mass is 31.2. The van der Waals surface area contributed by atoms with Gasteiger partial charge < -0.3 is 19.4 Å². The molecule has 0 aliphatic rings. The lowest BCUT2D eigenvalue weighted by atomic mass is 10.0.